The maximum absolute atomic E-state index is 12.2. The molecule has 0 atom stereocenters. The summed E-state index contributed by atoms with van der Waals surface area (Å²) in [6.45, 7) is 1.81. The third-order valence-corrected chi connectivity index (χ3v) is 7.11. The summed E-state index contributed by atoms with van der Waals surface area (Å²) >= 11 is 0.843. The lowest BCUT2D eigenvalue weighted by atomic mass is 10.2. The van der Waals surface area contributed by atoms with Crippen molar-refractivity contribution >= 4 is 53.3 Å². The predicted octanol–water partition coefficient (Wildman–Crippen LogP) is 1.76. The molecule has 0 spiro atoms. The molecule has 0 aliphatic heterocycles. The highest BCUT2D eigenvalue weighted by atomic mass is 32.2. The standard InChI is InChI=1S/C15H14N4O5S3/c1-9-2-5-11(6-3-9)27(23,24)19-14(20)17-10-4-7-12-13(8-10)25-15(18-12)26(16,21)22/h2-8H,1H3,(H2,16,21,22)(H2,17,19,20). The molecule has 2 aromatic carbocycles. The Kier molecular flexibility index (Phi) is 4.90. The molecule has 4 N–H and O–H groups in total. The van der Waals surface area contributed by atoms with Gasteiger partial charge in [-0.2, -0.15) is 0 Å². The number of aryl methyl sites for hydroxylation is 1. The highest BCUT2D eigenvalue weighted by molar-refractivity contribution is 7.91. The van der Waals surface area contributed by atoms with Crippen molar-refractivity contribution in [2.75, 3.05) is 5.32 Å². The van der Waals surface area contributed by atoms with Crippen LogP contribution in [0.25, 0.3) is 10.2 Å². The Morgan fingerprint density at radius 2 is 1.74 bits per heavy atom. The van der Waals surface area contributed by atoms with Crippen molar-refractivity contribution in [1.82, 2.24) is 9.71 Å². The molecule has 0 saturated heterocycles. The second kappa shape index (κ2) is 6.88. The van der Waals surface area contributed by atoms with Crippen LogP contribution in [0.15, 0.2) is 51.7 Å². The molecule has 9 nitrogen and oxygen atoms in total. The zero-order valence-corrected chi connectivity index (χ0v) is 16.3. The number of hydrogen-bond acceptors (Lipinski definition) is 7. The lowest BCUT2D eigenvalue weighted by molar-refractivity contribution is 0.256. The molecule has 3 rings (SSSR count). The summed E-state index contributed by atoms with van der Waals surface area (Å²) in [6.07, 6.45) is 0. The Morgan fingerprint density at radius 3 is 2.37 bits per heavy atom. The van der Waals surface area contributed by atoms with Crippen LogP contribution in [0.4, 0.5) is 10.5 Å². The van der Waals surface area contributed by atoms with Gasteiger partial charge in [0.2, 0.25) is 4.34 Å². The number of primary sulfonamides is 1. The highest BCUT2D eigenvalue weighted by Crippen LogP contribution is 2.27. The van der Waals surface area contributed by atoms with Crippen LogP contribution in [0.3, 0.4) is 0 Å². The van der Waals surface area contributed by atoms with E-state index in [1.165, 1.54) is 30.3 Å². The lowest BCUT2D eigenvalue weighted by Crippen LogP contribution is -2.34. The normalized spacial score (nSPS) is 12.1. The first-order chi connectivity index (χ1) is 12.5. The van der Waals surface area contributed by atoms with E-state index in [1.54, 1.807) is 12.1 Å². The van der Waals surface area contributed by atoms with Crippen LogP contribution in [0.1, 0.15) is 5.56 Å². The molecule has 0 aliphatic carbocycles. The van der Waals surface area contributed by atoms with E-state index in [-0.39, 0.29) is 14.9 Å². The van der Waals surface area contributed by atoms with Crippen LogP contribution in [0.5, 0.6) is 0 Å². The Labute approximate surface area is 159 Å². The van der Waals surface area contributed by atoms with Crippen LogP contribution >= 0.6 is 11.3 Å². The molecule has 2 amide bonds. The van der Waals surface area contributed by atoms with Crippen molar-refractivity contribution in [1.29, 1.82) is 0 Å². The van der Waals surface area contributed by atoms with Gasteiger partial charge < -0.3 is 5.32 Å². The number of anilines is 1. The number of benzene rings is 2. The molecular formula is C15H14N4O5S3. The third kappa shape index (κ3) is 4.42. The first-order valence-electron chi connectivity index (χ1n) is 7.38. The first-order valence-corrected chi connectivity index (χ1v) is 11.2. The van der Waals surface area contributed by atoms with E-state index in [0.29, 0.717) is 10.2 Å². The fourth-order valence-corrected chi connectivity index (χ4v) is 4.76. The molecule has 12 heteroatoms. The van der Waals surface area contributed by atoms with E-state index in [0.717, 1.165) is 16.9 Å². The van der Waals surface area contributed by atoms with Crippen LogP contribution in [0, 0.1) is 6.92 Å². The van der Waals surface area contributed by atoms with Crippen LogP contribution in [-0.2, 0) is 20.0 Å². The molecule has 1 heterocycles. The Morgan fingerprint density at radius 1 is 1.07 bits per heavy atom. The third-order valence-electron chi connectivity index (χ3n) is 3.43. The number of carbonyl (C=O) groups is 1. The van der Waals surface area contributed by atoms with E-state index in [1.807, 2.05) is 11.6 Å². The Bertz CT molecular complexity index is 1230. The molecule has 142 valence electrons. The largest absolute Gasteiger partial charge is 0.333 e. The van der Waals surface area contributed by atoms with Crippen molar-refractivity contribution in [3.05, 3.63) is 48.0 Å². The molecule has 0 fully saturated rings. The van der Waals surface area contributed by atoms with Crippen LogP contribution < -0.4 is 15.2 Å². The van der Waals surface area contributed by atoms with Gasteiger partial charge in [-0.1, -0.05) is 17.7 Å². The van der Waals surface area contributed by atoms with Crippen molar-refractivity contribution in [3.8, 4) is 0 Å². The zero-order valence-electron chi connectivity index (χ0n) is 13.8. The number of sulfonamides is 2. The molecule has 0 radical (unpaired) electrons. The van der Waals surface area contributed by atoms with Gasteiger partial charge >= 0.3 is 6.03 Å². The van der Waals surface area contributed by atoms with Gasteiger partial charge in [0.25, 0.3) is 20.0 Å². The minimum Gasteiger partial charge on any atom is -0.307 e. The Balaban J connectivity index is 1.78. The monoisotopic (exact) mass is 426 g/mol. The van der Waals surface area contributed by atoms with E-state index >= 15 is 0 Å². The Hall–Kier alpha value is -2.54. The highest BCUT2D eigenvalue weighted by Gasteiger charge is 2.18. The summed E-state index contributed by atoms with van der Waals surface area (Å²) in [5.41, 5.74) is 1.54. The topological polar surface area (TPSA) is 148 Å². The number of fused-ring (bicyclic) bond motifs is 1. The summed E-state index contributed by atoms with van der Waals surface area (Å²) in [6, 6.07) is 9.50. The van der Waals surface area contributed by atoms with Gasteiger partial charge in [0.15, 0.2) is 0 Å². The van der Waals surface area contributed by atoms with Gasteiger partial charge in [-0.25, -0.2) is 36.5 Å². The average molecular weight is 427 g/mol. The zero-order chi connectivity index (χ0) is 19.8. The lowest BCUT2D eigenvalue weighted by Gasteiger charge is -2.09. The van der Waals surface area contributed by atoms with Crippen molar-refractivity contribution in [3.63, 3.8) is 0 Å². The summed E-state index contributed by atoms with van der Waals surface area (Å²) in [4.78, 5) is 15.9. The minimum atomic E-state index is -4.02. The number of thiazole rings is 1. The van der Waals surface area contributed by atoms with Gasteiger partial charge in [0.05, 0.1) is 15.1 Å². The molecule has 1 aromatic heterocycles. The van der Waals surface area contributed by atoms with Gasteiger partial charge in [-0.15, -0.1) is 11.3 Å². The molecular weight excluding hydrogens is 412 g/mol. The second-order valence-electron chi connectivity index (χ2n) is 5.58. The molecule has 0 aliphatic rings. The van der Waals surface area contributed by atoms with Gasteiger partial charge in [0.1, 0.15) is 0 Å². The summed E-state index contributed by atoms with van der Waals surface area (Å²) in [5, 5.41) is 7.44. The molecule has 0 unspecified atom stereocenters. The first kappa shape index (κ1) is 19.2. The summed E-state index contributed by atoms with van der Waals surface area (Å²) in [5.74, 6) is 0. The number of nitrogens with one attached hydrogen (secondary N) is 2. The smallest absolute Gasteiger partial charge is 0.307 e. The fourth-order valence-electron chi connectivity index (χ4n) is 2.16. The van der Waals surface area contributed by atoms with E-state index in [4.69, 9.17) is 5.14 Å². The number of nitrogens with two attached hydrogens (primary N) is 1. The molecule has 0 bridgehead atoms. The van der Waals surface area contributed by atoms with Crippen molar-refractivity contribution in [2.45, 2.75) is 16.2 Å². The maximum Gasteiger partial charge on any atom is 0.333 e. The summed E-state index contributed by atoms with van der Waals surface area (Å²) in [7, 11) is -7.95. The number of aromatic nitrogens is 1. The number of hydrogen-bond donors (Lipinski definition) is 3. The van der Waals surface area contributed by atoms with E-state index in [2.05, 4.69) is 10.3 Å². The number of amides is 2. The van der Waals surface area contributed by atoms with E-state index < -0.39 is 26.1 Å². The van der Waals surface area contributed by atoms with Gasteiger partial charge in [-0.05, 0) is 37.3 Å². The number of nitrogens with zero attached hydrogens (tertiary/aromatic N) is 1. The van der Waals surface area contributed by atoms with Gasteiger partial charge in [0, 0.05) is 5.69 Å². The number of rotatable bonds is 4. The van der Waals surface area contributed by atoms with Crippen molar-refractivity contribution in [2.24, 2.45) is 5.14 Å². The van der Waals surface area contributed by atoms with Crippen LogP contribution in [-0.4, -0.2) is 27.9 Å². The molecule has 3 aromatic rings. The summed E-state index contributed by atoms with van der Waals surface area (Å²) < 4.78 is 49.3. The minimum absolute atomic E-state index is 0.0426. The maximum atomic E-state index is 12.2. The van der Waals surface area contributed by atoms with E-state index in [9.17, 15) is 21.6 Å². The number of carbonyl (C=O) groups excluding carboxylic acids is 1. The second-order valence-corrected chi connectivity index (χ2v) is 10.0. The van der Waals surface area contributed by atoms with Crippen molar-refractivity contribution < 1.29 is 21.6 Å². The molecule has 0 saturated carbocycles. The SMILES string of the molecule is Cc1ccc(S(=O)(=O)NC(=O)Nc2ccc3nc(S(N)(=O)=O)sc3c2)cc1. The average Bonchev–Trinajstić information content (AvgIpc) is 2.98. The fraction of sp³-hybridized carbons (Fsp3) is 0.0667. The quantitative estimate of drug-likeness (QED) is 0.579. The van der Waals surface area contributed by atoms with Crippen LogP contribution in [0.2, 0.25) is 0 Å². The molecule has 27 heavy (non-hydrogen) atoms. The number of urea groups is 1. The van der Waals surface area contributed by atoms with Gasteiger partial charge in [-0.3, -0.25) is 0 Å². The predicted molar refractivity (Wildman–Crippen MR) is 102 cm³/mol.